The Kier molecular flexibility index (Phi) is 3.06. The number of benzene rings is 1. The van der Waals surface area contributed by atoms with Crippen molar-refractivity contribution in [1.29, 1.82) is 0 Å². The summed E-state index contributed by atoms with van der Waals surface area (Å²) in [4.78, 5) is 16.6. The fourth-order valence-corrected chi connectivity index (χ4v) is 2.78. The minimum atomic E-state index is -0.503. The highest BCUT2D eigenvalue weighted by Crippen LogP contribution is 2.26. The molecule has 1 aromatic heterocycles. The Hall–Kier alpha value is -1.75. The van der Waals surface area contributed by atoms with Crippen LogP contribution in [0.15, 0.2) is 29.3 Å². The van der Waals surface area contributed by atoms with Crippen LogP contribution in [0.4, 0.5) is 4.39 Å². The number of hydrogen-bond acceptors (Lipinski definition) is 3. The molecular weight excluding hydrogens is 245 g/mol. The molecule has 0 amide bonds. The lowest BCUT2D eigenvalue weighted by molar-refractivity contribution is 0.317. The molecule has 19 heavy (non-hydrogen) atoms. The highest BCUT2D eigenvalue weighted by molar-refractivity contribution is 5.77. The van der Waals surface area contributed by atoms with E-state index < -0.39 is 5.82 Å². The number of rotatable bonds is 1. The minimum absolute atomic E-state index is 0.0832. The van der Waals surface area contributed by atoms with E-state index in [4.69, 9.17) is 5.73 Å². The summed E-state index contributed by atoms with van der Waals surface area (Å²) in [6.45, 7) is 0. The summed E-state index contributed by atoms with van der Waals surface area (Å²) < 4.78 is 15.3. The van der Waals surface area contributed by atoms with Gasteiger partial charge in [0.25, 0.3) is 5.56 Å². The van der Waals surface area contributed by atoms with Crippen molar-refractivity contribution in [2.75, 3.05) is 0 Å². The third-order valence-corrected chi connectivity index (χ3v) is 3.90. The topological polar surface area (TPSA) is 60.9 Å². The molecule has 5 heteroatoms. The van der Waals surface area contributed by atoms with Crippen LogP contribution >= 0.6 is 0 Å². The van der Waals surface area contributed by atoms with Crippen molar-refractivity contribution in [3.63, 3.8) is 0 Å². The molecule has 1 saturated carbocycles. The number of halogens is 1. The normalized spacial score (nSPS) is 23.7. The summed E-state index contributed by atoms with van der Waals surface area (Å²) in [5.74, 6) is -0.503. The van der Waals surface area contributed by atoms with Gasteiger partial charge in [-0.2, -0.15) is 0 Å². The molecule has 2 aromatic rings. The van der Waals surface area contributed by atoms with Crippen LogP contribution in [0.1, 0.15) is 31.7 Å². The summed E-state index contributed by atoms with van der Waals surface area (Å²) in [7, 11) is 0. The van der Waals surface area contributed by atoms with Gasteiger partial charge in [-0.3, -0.25) is 9.36 Å². The van der Waals surface area contributed by atoms with Crippen molar-refractivity contribution in [3.05, 3.63) is 40.7 Å². The lowest BCUT2D eigenvalue weighted by Crippen LogP contribution is -2.32. The zero-order chi connectivity index (χ0) is 13.4. The second-order valence-corrected chi connectivity index (χ2v) is 5.16. The predicted octanol–water partition coefficient (Wildman–Crippen LogP) is 1.98. The average Bonchev–Trinajstić information content (AvgIpc) is 2.40. The zero-order valence-corrected chi connectivity index (χ0v) is 10.6. The molecular formula is C14H16FN3O. The lowest BCUT2D eigenvalue weighted by atomic mass is 9.91. The van der Waals surface area contributed by atoms with Crippen LogP contribution < -0.4 is 11.3 Å². The van der Waals surface area contributed by atoms with Crippen molar-refractivity contribution in [1.82, 2.24) is 9.55 Å². The fraction of sp³-hybridized carbons (Fsp3) is 0.429. The second-order valence-electron chi connectivity index (χ2n) is 5.16. The maximum atomic E-state index is 13.8. The molecule has 100 valence electrons. The Balaban J connectivity index is 2.08. The molecule has 1 fully saturated rings. The Morgan fingerprint density at radius 2 is 2.00 bits per heavy atom. The lowest BCUT2D eigenvalue weighted by Gasteiger charge is -2.27. The molecule has 0 aliphatic heterocycles. The van der Waals surface area contributed by atoms with Crippen molar-refractivity contribution in [2.24, 2.45) is 5.73 Å². The van der Waals surface area contributed by atoms with Gasteiger partial charge in [-0.15, -0.1) is 0 Å². The van der Waals surface area contributed by atoms with Gasteiger partial charge in [0.1, 0.15) is 11.2 Å². The van der Waals surface area contributed by atoms with E-state index in [-0.39, 0.29) is 23.0 Å². The molecule has 1 heterocycles. The molecule has 0 saturated heterocycles. The first-order valence-electron chi connectivity index (χ1n) is 6.58. The van der Waals surface area contributed by atoms with Gasteiger partial charge in [0, 0.05) is 12.1 Å². The number of hydrogen-bond donors (Lipinski definition) is 1. The maximum absolute atomic E-state index is 13.8. The number of nitrogens with two attached hydrogens (primary N) is 1. The van der Waals surface area contributed by atoms with Gasteiger partial charge in [-0.1, -0.05) is 6.07 Å². The van der Waals surface area contributed by atoms with E-state index in [1.165, 1.54) is 12.4 Å². The summed E-state index contributed by atoms with van der Waals surface area (Å²) in [6, 6.07) is 4.82. The summed E-state index contributed by atoms with van der Waals surface area (Å²) in [5, 5.41) is 0.0832. The highest BCUT2D eigenvalue weighted by Gasteiger charge is 2.22. The fourth-order valence-electron chi connectivity index (χ4n) is 2.78. The van der Waals surface area contributed by atoms with E-state index in [1.54, 1.807) is 16.7 Å². The number of fused-ring (bicyclic) bond motifs is 1. The summed E-state index contributed by atoms with van der Waals surface area (Å²) >= 11 is 0. The third-order valence-electron chi connectivity index (χ3n) is 3.90. The number of nitrogens with zero attached hydrogens (tertiary/aromatic N) is 2. The van der Waals surface area contributed by atoms with Crippen molar-refractivity contribution < 1.29 is 4.39 Å². The van der Waals surface area contributed by atoms with Crippen LogP contribution in [0.2, 0.25) is 0 Å². The smallest absolute Gasteiger partial charge is 0.264 e. The van der Waals surface area contributed by atoms with Gasteiger partial charge in [0.2, 0.25) is 0 Å². The maximum Gasteiger partial charge on any atom is 0.264 e. The largest absolute Gasteiger partial charge is 0.328 e. The molecule has 0 unspecified atom stereocenters. The Labute approximate surface area is 110 Å². The van der Waals surface area contributed by atoms with Crippen LogP contribution in [-0.4, -0.2) is 15.6 Å². The predicted molar refractivity (Wildman–Crippen MR) is 71.4 cm³/mol. The van der Waals surface area contributed by atoms with Crippen LogP contribution in [0.3, 0.4) is 0 Å². The van der Waals surface area contributed by atoms with Crippen LogP contribution in [0.5, 0.6) is 0 Å². The van der Waals surface area contributed by atoms with E-state index in [9.17, 15) is 9.18 Å². The zero-order valence-electron chi connectivity index (χ0n) is 10.6. The van der Waals surface area contributed by atoms with E-state index in [1.807, 2.05) is 0 Å². The van der Waals surface area contributed by atoms with Gasteiger partial charge in [-0.25, -0.2) is 9.37 Å². The minimum Gasteiger partial charge on any atom is -0.328 e. The van der Waals surface area contributed by atoms with Crippen molar-refractivity contribution in [3.8, 4) is 0 Å². The third kappa shape index (κ3) is 2.14. The average molecular weight is 261 g/mol. The Bertz CT molecular complexity index is 659. The molecule has 1 aliphatic rings. The van der Waals surface area contributed by atoms with E-state index in [2.05, 4.69) is 4.98 Å². The van der Waals surface area contributed by atoms with Gasteiger partial charge in [-0.05, 0) is 37.8 Å². The van der Waals surface area contributed by atoms with Crippen LogP contribution in [0, 0.1) is 5.82 Å². The van der Waals surface area contributed by atoms with Crippen molar-refractivity contribution >= 4 is 10.9 Å². The molecule has 4 nitrogen and oxygen atoms in total. The van der Waals surface area contributed by atoms with Gasteiger partial charge in [0.15, 0.2) is 0 Å². The van der Waals surface area contributed by atoms with E-state index in [0.29, 0.717) is 5.52 Å². The Morgan fingerprint density at radius 3 is 2.74 bits per heavy atom. The SMILES string of the molecule is NC1CCC(n2cnc3cccc(F)c3c2=O)CC1. The molecule has 0 atom stereocenters. The van der Waals surface area contributed by atoms with Gasteiger partial charge < -0.3 is 5.73 Å². The molecule has 0 radical (unpaired) electrons. The first-order chi connectivity index (χ1) is 9.16. The number of aromatic nitrogens is 2. The van der Waals surface area contributed by atoms with Gasteiger partial charge >= 0.3 is 0 Å². The molecule has 3 rings (SSSR count). The first kappa shape index (κ1) is 12.3. The molecule has 0 bridgehead atoms. The first-order valence-corrected chi connectivity index (χ1v) is 6.58. The molecule has 0 spiro atoms. The van der Waals surface area contributed by atoms with Gasteiger partial charge in [0.05, 0.1) is 11.8 Å². The van der Waals surface area contributed by atoms with E-state index in [0.717, 1.165) is 25.7 Å². The standard InChI is InChI=1S/C14H16FN3O/c15-11-2-1-3-12-13(11)14(19)18(8-17-12)10-6-4-9(16)5-7-10/h1-3,8-10H,4-7,16H2. The summed E-state index contributed by atoms with van der Waals surface area (Å²) in [6.07, 6.45) is 5.02. The highest BCUT2D eigenvalue weighted by atomic mass is 19.1. The molecule has 1 aromatic carbocycles. The second kappa shape index (κ2) is 4.74. The van der Waals surface area contributed by atoms with Crippen molar-refractivity contribution in [2.45, 2.75) is 37.8 Å². The van der Waals surface area contributed by atoms with Crippen LogP contribution in [0.25, 0.3) is 10.9 Å². The summed E-state index contributed by atoms with van der Waals surface area (Å²) in [5.41, 5.74) is 5.99. The van der Waals surface area contributed by atoms with Crippen LogP contribution in [-0.2, 0) is 0 Å². The monoisotopic (exact) mass is 261 g/mol. The quantitative estimate of drug-likeness (QED) is 0.853. The van der Waals surface area contributed by atoms with E-state index >= 15 is 0 Å². The molecule has 1 aliphatic carbocycles. The molecule has 2 N–H and O–H groups in total. The Morgan fingerprint density at radius 1 is 1.26 bits per heavy atom.